The minimum atomic E-state index is -0.111. The number of rotatable bonds is 6. The van der Waals surface area contributed by atoms with E-state index in [0.29, 0.717) is 0 Å². The third-order valence-electron chi connectivity index (χ3n) is 12.0. The van der Waals surface area contributed by atoms with E-state index in [1.807, 2.05) is 12.1 Å². The second kappa shape index (κ2) is 13.0. The quantitative estimate of drug-likeness (QED) is 0.169. The van der Waals surface area contributed by atoms with Crippen molar-refractivity contribution in [1.82, 2.24) is 0 Å². The Balaban J connectivity index is 0.972. The van der Waals surface area contributed by atoms with Gasteiger partial charge in [-0.1, -0.05) is 147 Å². The van der Waals surface area contributed by atoms with Gasteiger partial charge in [0.05, 0.1) is 0 Å². The molecule has 0 atom stereocenters. The molecule has 0 fully saturated rings. The van der Waals surface area contributed by atoms with Crippen molar-refractivity contribution in [3.63, 3.8) is 0 Å². The van der Waals surface area contributed by atoms with Gasteiger partial charge in [0.2, 0.25) is 0 Å². The Morgan fingerprint density at radius 2 is 0.912 bits per heavy atom. The van der Waals surface area contributed by atoms with E-state index < -0.39 is 0 Å². The highest BCUT2D eigenvalue weighted by atomic mass is 16.3. The first-order valence-electron chi connectivity index (χ1n) is 19.7. The molecule has 1 aliphatic carbocycles. The molecule has 10 aromatic rings. The van der Waals surface area contributed by atoms with Gasteiger partial charge in [-0.3, -0.25) is 0 Å². The lowest BCUT2D eigenvalue weighted by atomic mass is 9.82. The van der Waals surface area contributed by atoms with E-state index in [1.54, 1.807) is 0 Å². The fourth-order valence-corrected chi connectivity index (χ4v) is 9.06. The van der Waals surface area contributed by atoms with E-state index in [0.717, 1.165) is 39.0 Å². The molecule has 0 aliphatic heterocycles. The fraction of sp³-hybridized carbons (Fsp3) is 0.0545. The molecule has 9 aromatic carbocycles. The highest BCUT2D eigenvalue weighted by Gasteiger charge is 2.35. The Bertz CT molecular complexity index is 3170. The summed E-state index contributed by atoms with van der Waals surface area (Å²) in [5.41, 5.74) is 17.5. The third kappa shape index (κ3) is 5.56. The Morgan fingerprint density at radius 3 is 1.70 bits per heavy atom. The van der Waals surface area contributed by atoms with Gasteiger partial charge >= 0.3 is 0 Å². The van der Waals surface area contributed by atoms with E-state index in [4.69, 9.17) is 4.42 Å². The van der Waals surface area contributed by atoms with Gasteiger partial charge in [-0.25, -0.2) is 0 Å². The van der Waals surface area contributed by atoms with Crippen molar-refractivity contribution >= 4 is 49.8 Å². The molecule has 0 radical (unpaired) electrons. The molecule has 0 saturated heterocycles. The average molecular weight is 730 g/mol. The Morgan fingerprint density at radius 1 is 0.351 bits per heavy atom. The summed E-state index contributed by atoms with van der Waals surface area (Å²) in [6, 6.07) is 72.7. The molecule has 0 amide bonds. The van der Waals surface area contributed by atoms with Crippen molar-refractivity contribution in [1.29, 1.82) is 0 Å². The lowest BCUT2D eigenvalue weighted by Gasteiger charge is -2.28. The zero-order chi connectivity index (χ0) is 38.1. The summed E-state index contributed by atoms with van der Waals surface area (Å²) in [5, 5.41) is 4.77. The van der Waals surface area contributed by atoms with Crippen molar-refractivity contribution in [3.8, 4) is 44.5 Å². The van der Waals surface area contributed by atoms with E-state index in [-0.39, 0.29) is 5.41 Å². The standard InChI is InChI=1S/C55H39NO/c1-55(2)51-19-7-5-17-47(51)48-29-27-45(34-52(48)55)56(46-28-30-50-49-18-6-8-20-53(49)57-54(50)35-46)44-25-23-37(24-26-44)39-13-9-14-40(31-39)41-15-10-16-42(33-41)43-22-21-36-11-3-4-12-38(36)32-43/h3-35H,1-2H3. The maximum absolute atomic E-state index is 6.41. The SMILES string of the molecule is CC1(C)c2ccccc2-c2ccc(N(c3ccc(-c4cccc(-c5cccc(-c6ccc7ccccc7c6)c5)c4)cc3)c3ccc4c(c3)oc3ccccc34)cc21. The molecule has 0 unspecified atom stereocenters. The molecule has 57 heavy (non-hydrogen) atoms. The molecular weight excluding hydrogens is 691 g/mol. The molecule has 1 heterocycles. The summed E-state index contributed by atoms with van der Waals surface area (Å²) < 4.78 is 6.41. The zero-order valence-corrected chi connectivity index (χ0v) is 31.9. The van der Waals surface area contributed by atoms with Crippen molar-refractivity contribution in [2.24, 2.45) is 0 Å². The molecule has 1 aliphatic rings. The Hall–Kier alpha value is -7.16. The molecule has 0 saturated carbocycles. The molecule has 0 N–H and O–H groups in total. The molecule has 11 rings (SSSR count). The summed E-state index contributed by atoms with van der Waals surface area (Å²) in [6.45, 7) is 4.68. The summed E-state index contributed by atoms with van der Waals surface area (Å²) >= 11 is 0. The predicted molar refractivity (Wildman–Crippen MR) is 240 cm³/mol. The van der Waals surface area contributed by atoms with Gasteiger partial charge in [-0.05, 0) is 127 Å². The van der Waals surface area contributed by atoms with Gasteiger partial charge in [0.25, 0.3) is 0 Å². The summed E-state index contributed by atoms with van der Waals surface area (Å²) in [5.74, 6) is 0. The molecular formula is C55H39NO. The third-order valence-corrected chi connectivity index (χ3v) is 12.0. The van der Waals surface area contributed by atoms with Crippen LogP contribution in [0.3, 0.4) is 0 Å². The number of fused-ring (bicyclic) bond motifs is 7. The van der Waals surface area contributed by atoms with Crippen LogP contribution in [0.4, 0.5) is 17.1 Å². The number of furan rings is 1. The van der Waals surface area contributed by atoms with Gasteiger partial charge in [0.15, 0.2) is 0 Å². The predicted octanol–water partition coefficient (Wildman–Crippen LogP) is 15.5. The summed E-state index contributed by atoms with van der Waals surface area (Å²) in [7, 11) is 0. The van der Waals surface area contributed by atoms with Crippen LogP contribution in [0.25, 0.3) is 77.2 Å². The first-order valence-corrected chi connectivity index (χ1v) is 19.7. The highest BCUT2D eigenvalue weighted by Crippen LogP contribution is 2.51. The molecule has 0 bridgehead atoms. The minimum absolute atomic E-state index is 0.111. The fourth-order valence-electron chi connectivity index (χ4n) is 9.06. The lowest BCUT2D eigenvalue weighted by Crippen LogP contribution is -2.16. The number of nitrogens with zero attached hydrogens (tertiary/aromatic N) is 1. The Labute approximate surface area is 332 Å². The number of benzene rings is 9. The molecule has 0 spiro atoms. The van der Waals surface area contributed by atoms with Crippen LogP contribution in [0.5, 0.6) is 0 Å². The highest BCUT2D eigenvalue weighted by molar-refractivity contribution is 6.06. The second-order valence-corrected chi connectivity index (χ2v) is 15.8. The zero-order valence-electron chi connectivity index (χ0n) is 31.9. The van der Waals surface area contributed by atoms with Crippen LogP contribution >= 0.6 is 0 Å². The van der Waals surface area contributed by atoms with Crippen LogP contribution < -0.4 is 4.90 Å². The maximum Gasteiger partial charge on any atom is 0.137 e. The van der Waals surface area contributed by atoms with Crippen LogP contribution in [0.2, 0.25) is 0 Å². The van der Waals surface area contributed by atoms with Crippen LogP contribution in [0.15, 0.2) is 205 Å². The van der Waals surface area contributed by atoms with E-state index in [1.165, 1.54) is 66.4 Å². The lowest BCUT2D eigenvalue weighted by molar-refractivity contribution is 0.660. The van der Waals surface area contributed by atoms with Gasteiger partial charge in [-0.2, -0.15) is 0 Å². The van der Waals surface area contributed by atoms with E-state index in [2.05, 4.69) is 207 Å². The number of anilines is 3. The average Bonchev–Trinajstić information content (AvgIpc) is 3.75. The largest absolute Gasteiger partial charge is 0.456 e. The first-order chi connectivity index (χ1) is 28.0. The number of para-hydroxylation sites is 1. The Kier molecular flexibility index (Phi) is 7.55. The van der Waals surface area contributed by atoms with Gasteiger partial charge in [-0.15, -0.1) is 0 Å². The second-order valence-electron chi connectivity index (χ2n) is 15.8. The molecule has 1 aromatic heterocycles. The van der Waals surface area contributed by atoms with E-state index in [9.17, 15) is 0 Å². The van der Waals surface area contributed by atoms with Crippen LogP contribution in [-0.2, 0) is 5.41 Å². The van der Waals surface area contributed by atoms with Crippen molar-refractivity contribution in [2.45, 2.75) is 19.3 Å². The molecule has 2 nitrogen and oxygen atoms in total. The van der Waals surface area contributed by atoms with Crippen LogP contribution in [0, 0.1) is 0 Å². The van der Waals surface area contributed by atoms with Gasteiger partial charge in [0, 0.05) is 39.3 Å². The number of hydrogen-bond donors (Lipinski definition) is 0. The van der Waals surface area contributed by atoms with Crippen LogP contribution in [-0.4, -0.2) is 0 Å². The molecule has 2 heteroatoms. The summed E-state index contributed by atoms with van der Waals surface area (Å²) in [6.07, 6.45) is 0. The van der Waals surface area contributed by atoms with Gasteiger partial charge < -0.3 is 9.32 Å². The minimum Gasteiger partial charge on any atom is -0.456 e. The van der Waals surface area contributed by atoms with Crippen molar-refractivity contribution < 1.29 is 4.42 Å². The maximum atomic E-state index is 6.41. The summed E-state index contributed by atoms with van der Waals surface area (Å²) in [4.78, 5) is 2.37. The van der Waals surface area contributed by atoms with Crippen LogP contribution in [0.1, 0.15) is 25.0 Å². The topological polar surface area (TPSA) is 16.4 Å². The number of hydrogen-bond acceptors (Lipinski definition) is 2. The van der Waals surface area contributed by atoms with Crippen molar-refractivity contribution in [2.75, 3.05) is 4.90 Å². The smallest absolute Gasteiger partial charge is 0.137 e. The normalized spacial score (nSPS) is 12.9. The van der Waals surface area contributed by atoms with E-state index >= 15 is 0 Å². The monoisotopic (exact) mass is 729 g/mol. The van der Waals surface area contributed by atoms with Crippen molar-refractivity contribution in [3.05, 3.63) is 211 Å². The van der Waals surface area contributed by atoms with Gasteiger partial charge in [0.1, 0.15) is 11.2 Å². The molecule has 270 valence electrons. The first kappa shape index (κ1) is 33.2.